The molecule has 2 aromatic carbocycles. The monoisotopic (exact) mass is 409 g/mol. The van der Waals surface area contributed by atoms with Crippen molar-refractivity contribution in [3.8, 4) is 11.5 Å². The minimum atomic E-state index is -0.0893. The third-order valence-corrected chi connectivity index (χ3v) is 5.45. The second-order valence-corrected chi connectivity index (χ2v) is 7.40. The lowest BCUT2D eigenvalue weighted by Gasteiger charge is -2.23. The van der Waals surface area contributed by atoms with Gasteiger partial charge in [0.1, 0.15) is 17.5 Å². The van der Waals surface area contributed by atoms with Crippen LogP contribution >= 0.6 is 23.2 Å². The molecule has 1 aliphatic rings. The molecule has 0 radical (unpaired) electrons. The van der Waals surface area contributed by atoms with Gasteiger partial charge in [0.2, 0.25) is 0 Å². The van der Waals surface area contributed by atoms with Crippen molar-refractivity contribution in [2.24, 2.45) is 0 Å². The minimum Gasteiger partial charge on any atom is -0.497 e. The topological polar surface area (TPSA) is 52.0 Å². The van der Waals surface area contributed by atoms with Crippen LogP contribution in [0, 0.1) is 0 Å². The molecule has 2 atom stereocenters. The summed E-state index contributed by atoms with van der Waals surface area (Å²) in [6, 6.07) is 11.1. The highest BCUT2D eigenvalue weighted by atomic mass is 35.5. The van der Waals surface area contributed by atoms with E-state index in [1.165, 1.54) is 4.90 Å². The van der Waals surface area contributed by atoms with Gasteiger partial charge >= 0.3 is 0 Å². The van der Waals surface area contributed by atoms with Crippen LogP contribution in [-0.4, -0.2) is 33.2 Å². The summed E-state index contributed by atoms with van der Waals surface area (Å²) in [5.74, 6) is 1.45. The SMILES string of the molecule is COc1ccc([C@H]2CCC[NH+]2CC(=O)Nc2cc(Cl)ccc2Cl)c(OC)c1. The number of nitrogens with one attached hydrogen (secondary N) is 2. The molecule has 1 unspecified atom stereocenters. The molecule has 1 saturated heterocycles. The summed E-state index contributed by atoms with van der Waals surface area (Å²) < 4.78 is 10.8. The molecule has 1 aliphatic heterocycles. The van der Waals surface area contributed by atoms with Gasteiger partial charge in [-0.3, -0.25) is 4.79 Å². The van der Waals surface area contributed by atoms with Crippen molar-refractivity contribution in [1.29, 1.82) is 0 Å². The molecule has 0 bridgehead atoms. The van der Waals surface area contributed by atoms with Crippen LogP contribution < -0.4 is 19.7 Å². The minimum absolute atomic E-state index is 0.0893. The number of carbonyl (C=O) groups is 1. The molecule has 5 nitrogen and oxygen atoms in total. The summed E-state index contributed by atoms with van der Waals surface area (Å²) in [5.41, 5.74) is 1.63. The molecule has 1 fully saturated rings. The normalized spacial score (nSPS) is 19.0. The largest absolute Gasteiger partial charge is 0.497 e. The Hall–Kier alpha value is -1.95. The van der Waals surface area contributed by atoms with E-state index >= 15 is 0 Å². The highest BCUT2D eigenvalue weighted by Gasteiger charge is 2.33. The second kappa shape index (κ2) is 8.83. The van der Waals surface area contributed by atoms with E-state index in [1.807, 2.05) is 18.2 Å². The number of anilines is 1. The lowest BCUT2D eigenvalue weighted by molar-refractivity contribution is -0.910. The van der Waals surface area contributed by atoms with E-state index in [0.717, 1.165) is 36.4 Å². The van der Waals surface area contributed by atoms with Crippen molar-refractivity contribution in [2.45, 2.75) is 18.9 Å². The van der Waals surface area contributed by atoms with E-state index < -0.39 is 0 Å². The molecule has 0 saturated carbocycles. The first-order chi connectivity index (χ1) is 13.0. The summed E-state index contributed by atoms with van der Waals surface area (Å²) in [6.45, 7) is 1.28. The maximum Gasteiger partial charge on any atom is 0.279 e. The predicted octanol–water partition coefficient (Wildman–Crippen LogP) is 3.37. The molecule has 0 aromatic heterocycles. The Morgan fingerprint density at radius 2 is 2.00 bits per heavy atom. The fraction of sp³-hybridized carbons (Fsp3) is 0.350. The van der Waals surface area contributed by atoms with Crippen LogP contribution in [0.2, 0.25) is 10.0 Å². The summed E-state index contributed by atoms with van der Waals surface area (Å²) in [5, 5.41) is 3.87. The molecular formula is C20H23Cl2N2O3+. The second-order valence-electron chi connectivity index (χ2n) is 6.56. The van der Waals surface area contributed by atoms with Gasteiger partial charge in [0.25, 0.3) is 5.91 Å². The number of ether oxygens (including phenoxy) is 2. The maximum atomic E-state index is 12.6. The fourth-order valence-corrected chi connectivity index (χ4v) is 3.94. The summed E-state index contributed by atoms with van der Waals surface area (Å²) >= 11 is 12.1. The summed E-state index contributed by atoms with van der Waals surface area (Å²) in [7, 11) is 3.29. The van der Waals surface area contributed by atoms with E-state index in [2.05, 4.69) is 5.32 Å². The Balaban J connectivity index is 1.73. The zero-order chi connectivity index (χ0) is 19.4. The molecule has 144 valence electrons. The van der Waals surface area contributed by atoms with Crippen molar-refractivity contribution >= 4 is 34.8 Å². The first-order valence-electron chi connectivity index (χ1n) is 8.83. The van der Waals surface area contributed by atoms with Gasteiger partial charge in [-0.15, -0.1) is 0 Å². The van der Waals surface area contributed by atoms with Gasteiger partial charge in [-0.05, 0) is 30.3 Å². The van der Waals surface area contributed by atoms with E-state index in [1.54, 1.807) is 32.4 Å². The van der Waals surface area contributed by atoms with Gasteiger partial charge in [0, 0.05) is 23.9 Å². The highest BCUT2D eigenvalue weighted by Crippen LogP contribution is 2.31. The predicted molar refractivity (Wildman–Crippen MR) is 107 cm³/mol. The number of benzene rings is 2. The molecule has 1 heterocycles. The standard InChI is InChI=1S/C20H22Cl2N2O3/c1-26-14-6-7-15(19(11-14)27-2)18-4-3-9-24(18)12-20(25)23-17-10-13(21)5-8-16(17)22/h5-8,10-11,18H,3-4,9,12H2,1-2H3,(H,23,25)/p+1/t18-/m1/s1. The van der Waals surface area contributed by atoms with E-state index in [9.17, 15) is 4.79 Å². The third kappa shape index (κ3) is 4.67. The zero-order valence-corrected chi connectivity index (χ0v) is 16.9. The van der Waals surface area contributed by atoms with E-state index in [-0.39, 0.29) is 11.9 Å². The number of halogens is 2. The van der Waals surface area contributed by atoms with Crippen LogP contribution in [0.3, 0.4) is 0 Å². The van der Waals surface area contributed by atoms with Gasteiger partial charge in [0.15, 0.2) is 6.54 Å². The van der Waals surface area contributed by atoms with Crippen LogP contribution in [0.4, 0.5) is 5.69 Å². The van der Waals surface area contributed by atoms with Gasteiger partial charge in [-0.1, -0.05) is 23.2 Å². The Morgan fingerprint density at radius 3 is 2.74 bits per heavy atom. The van der Waals surface area contributed by atoms with Crippen molar-refractivity contribution in [1.82, 2.24) is 0 Å². The number of amides is 1. The molecule has 2 aromatic rings. The molecule has 7 heteroatoms. The summed E-state index contributed by atoms with van der Waals surface area (Å²) in [6.07, 6.45) is 2.06. The Labute approximate surface area is 169 Å². The number of likely N-dealkylation sites (tertiary alicyclic amines) is 1. The molecule has 0 spiro atoms. The summed E-state index contributed by atoms with van der Waals surface area (Å²) in [4.78, 5) is 13.8. The lowest BCUT2D eigenvalue weighted by atomic mass is 10.0. The maximum absolute atomic E-state index is 12.6. The van der Waals surface area contributed by atoms with Gasteiger partial charge in [-0.2, -0.15) is 0 Å². The average Bonchev–Trinajstić information content (AvgIpc) is 3.11. The van der Waals surface area contributed by atoms with Crippen LogP contribution in [0.1, 0.15) is 24.4 Å². The number of carbonyl (C=O) groups excluding carboxylic acids is 1. The molecular weight excluding hydrogens is 387 g/mol. The van der Waals surface area contributed by atoms with Gasteiger partial charge in [0.05, 0.1) is 37.0 Å². The van der Waals surface area contributed by atoms with E-state index in [4.69, 9.17) is 32.7 Å². The molecule has 0 aliphatic carbocycles. The number of methoxy groups -OCH3 is 2. The van der Waals surface area contributed by atoms with Gasteiger partial charge in [-0.25, -0.2) is 0 Å². The molecule has 3 rings (SSSR count). The van der Waals surface area contributed by atoms with Crippen LogP contribution in [0.5, 0.6) is 11.5 Å². The van der Waals surface area contributed by atoms with E-state index in [0.29, 0.717) is 22.3 Å². The number of rotatable bonds is 6. The van der Waals surface area contributed by atoms with Crippen molar-refractivity contribution in [3.63, 3.8) is 0 Å². The third-order valence-electron chi connectivity index (χ3n) is 4.89. The van der Waals surface area contributed by atoms with Crippen molar-refractivity contribution in [3.05, 3.63) is 52.0 Å². The smallest absolute Gasteiger partial charge is 0.279 e. The first kappa shape index (κ1) is 19.8. The first-order valence-corrected chi connectivity index (χ1v) is 9.59. The lowest BCUT2D eigenvalue weighted by Crippen LogP contribution is -3.11. The van der Waals surface area contributed by atoms with Crippen molar-refractivity contribution in [2.75, 3.05) is 32.6 Å². The Morgan fingerprint density at radius 1 is 1.19 bits per heavy atom. The van der Waals surface area contributed by atoms with Crippen LogP contribution in [-0.2, 0) is 4.79 Å². The number of hydrogen-bond acceptors (Lipinski definition) is 3. The van der Waals surface area contributed by atoms with Crippen molar-refractivity contribution < 1.29 is 19.2 Å². The number of quaternary nitrogens is 1. The quantitative estimate of drug-likeness (QED) is 0.768. The van der Waals surface area contributed by atoms with Crippen LogP contribution in [0.15, 0.2) is 36.4 Å². The fourth-order valence-electron chi connectivity index (χ4n) is 3.60. The Kier molecular flexibility index (Phi) is 6.47. The molecule has 27 heavy (non-hydrogen) atoms. The average molecular weight is 410 g/mol. The zero-order valence-electron chi connectivity index (χ0n) is 15.4. The molecule has 2 N–H and O–H groups in total. The molecule has 1 amide bonds. The van der Waals surface area contributed by atoms with Gasteiger partial charge < -0.3 is 19.7 Å². The highest BCUT2D eigenvalue weighted by molar-refractivity contribution is 6.35. The van der Waals surface area contributed by atoms with Crippen LogP contribution in [0.25, 0.3) is 0 Å². The Bertz CT molecular complexity index is 829. The number of hydrogen-bond donors (Lipinski definition) is 2.